The van der Waals surface area contributed by atoms with Gasteiger partial charge in [0.15, 0.2) is 0 Å². The number of thioether (sulfide) groups is 1. The fraction of sp³-hybridized carbons (Fsp3) is 0.733. The van der Waals surface area contributed by atoms with Gasteiger partial charge in [-0.1, -0.05) is 13.8 Å². The van der Waals surface area contributed by atoms with Gasteiger partial charge >= 0.3 is 0 Å². The topological polar surface area (TPSA) is 49.8 Å². The third-order valence-corrected chi connectivity index (χ3v) is 3.98. The quantitative estimate of drug-likeness (QED) is 0.729. The van der Waals surface area contributed by atoms with Crippen LogP contribution in [0, 0.1) is 12.8 Å². The van der Waals surface area contributed by atoms with Crippen LogP contribution in [0.2, 0.25) is 0 Å². The van der Waals surface area contributed by atoms with E-state index < -0.39 is 0 Å². The van der Waals surface area contributed by atoms with Crippen LogP contribution in [0.1, 0.15) is 38.6 Å². The minimum Gasteiger partial charge on any atom is -0.370 e. The first-order valence-corrected chi connectivity index (χ1v) is 8.85. The average Bonchev–Trinajstić information content (AvgIpc) is 2.41. The number of nitrogens with one attached hydrogen (secondary N) is 2. The molecular weight excluding hydrogens is 268 g/mol. The summed E-state index contributed by atoms with van der Waals surface area (Å²) in [6, 6.07) is 0. The van der Waals surface area contributed by atoms with Crippen molar-refractivity contribution in [2.75, 3.05) is 35.7 Å². The Morgan fingerprint density at radius 1 is 1.15 bits per heavy atom. The Labute approximate surface area is 127 Å². The normalized spacial score (nSPS) is 12.2. The highest BCUT2D eigenvalue weighted by Crippen LogP contribution is 2.21. The summed E-state index contributed by atoms with van der Waals surface area (Å²) in [6.45, 7) is 10.4. The summed E-state index contributed by atoms with van der Waals surface area (Å²) in [5, 5.41) is 6.82. The first-order valence-electron chi connectivity index (χ1n) is 7.46. The van der Waals surface area contributed by atoms with Crippen molar-refractivity contribution in [1.29, 1.82) is 0 Å². The summed E-state index contributed by atoms with van der Waals surface area (Å²) in [5.41, 5.74) is 1.11. The third kappa shape index (κ3) is 5.19. The fourth-order valence-corrected chi connectivity index (χ4v) is 2.71. The third-order valence-electron chi connectivity index (χ3n) is 3.08. The molecule has 1 heterocycles. The van der Waals surface area contributed by atoms with E-state index in [2.05, 4.69) is 54.6 Å². The lowest BCUT2D eigenvalue weighted by atomic mass is 10.2. The summed E-state index contributed by atoms with van der Waals surface area (Å²) >= 11 is 1.89. The Morgan fingerprint density at radius 3 is 2.35 bits per heavy atom. The molecule has 0 spiro atoms. The van der Waals surface area contributed by atoms with E-state index in [1.165, 1.54) is 5.75 Å². The molecule has 0 saturated heterocycles. The van der Waals surface area contributed by atoms with Crippen LogP contribution in [0.4, 0.5) is 11.6 Å². The van der Waals surface area contributed by atoms with Crippen molar-refractivity contribution in [2.45, 2.75) is 40.5 Å². The number of aromatic nitrogens is 2. The van der Waals surface area contributed by atoms with Crippen LogP contribution in [-0.4, -0.2) is 35.1 Å². The van der Waals surface area contributed by atoms with E-state index in [4.69, 9.17) is 0 Å². The van der Waals surface area contributed by atoms with Crippen molar-refractivity contribution >= 4 is 23.4 Å². The molecule has 20 heavy (non-hydrogen) atoms. The first-order chi connectivity index (χ1) is 9.62. The molecule has 0 radical (unpaired) electrons. The van der Waals surface area contributed by atoms with Gasteiger partial charge in [-0.3, -0.25) is 0 Å². The zero-order valence-electron chi connectivity index (χ0n) is 13.4. The molecule has 0 aliphatic rings. The van der Waals surface area contributed by atoms with Gasteiger partial charge < -0.3 is 10.6 Å². The van der Waals surface area contributed by atoms with Gasteiger partial charge in [0, 0.05) is 25.1 Å². The molecule has 1 aromatic heterocycles. The van der Waals surface area contributed by atoms with Crippen molar-refractivity contribution in [3.05, 3.63) is 11.4 Å². The number of hydrogen-bond donors (Lipinski definition) is 2. The van der Waals surface area contributed by atoms with Crippen LogP contribution in [0.5, 0.6) is 0 Å². The molecule has 0 saturated carbocycles. The molecule has 0 aliphatic carbocycles. The van der Waals surface area contributed by atoms with Gasteiger partial charge in [-0.15, -0.1) is 0 Å². The molecule has 1 rings (SSSR count). The van der Waals surface area contributed by atoms with E-state index in [0.29, 0.717) is 5.92 Å². The van der Waals surface area contributed by atoms with Gasteiger partial charge in [-0.2, -0.15) is 11.8 Å². The molecule has 0 bridgehead atoms. The average molecular weight is 296 g/mol. The van der Waals surface area contributed by atoms with E-state index in [-0.39, 0.29) is 0 Å². The maximum absolute atomic E-state index is 4.67. The van der Waals surface area contributed by atoms with Crippen LogP contribution < -0.4 is 10.6 Å². The molecule has 1 atom stereocenters. The Morgan fingerprint density at radius 2 is 1.80 bits per heavy atom. The van der Waals surface area contributed by atoms with Crippen LogP contribution in [-0.2, 0) is 6.42 Å². The molecule has 5 heteroatoms. The minimum absolute atomic E-state index is 0.636. The maximum atomic E-state index is 4.67. The van der Waals surface area contributed by atoms with Gasteiger partial charge in [-0.05, 0) is 38.2 Å². The number of aryl methyl sites for hydroxylation is 1. The monoisotopic (exact) mass is 296 g/mol. The van der Waals surface area contributed by atoms with Crippen LogP contribution >= 0.6 is 11.8 Å². The van der Waals surface area contributed by atoms with E-state index in [1.807, 2.05) is 11.8 Å². The SMILES string of the molecule is CCCc1nc(NCC)c(C)c(NCC(C)CSC)n1. The lowest BCUT2D eigenvalue weighted by Crippen LogP contribution is -2.17. The Kier molecular flexibility index (Phi) is 7.73. The van der Waals surface area contributed by atoms with Crippen molar-refractivity contribution < 1.29 is 0 Å². The Hall–Kier alpha value is -0.970. The Bertz CT molecular complexity index is 409. The van der Waals surface area contributed by atoms with E-state index in [0.717, 1.165) is 49.0 Å². The molecule has 1 unspecified atom stereocenters. The predicted molar refractivity (Wildman–Crippen MR) is 91.0 cm³/mol. The second-order valence-corrected chi connectivity index (χ2v) is 6.09. The van der Waals surface area contributed by atoms with E-state index >= 15 is 0 Å². The maximum Gasteiger partial charge on any atom is 0.134 e. The molecule has 114 valence electrons. The predicted octanol–water partition coefficient (Wildman–Crippen LogP) is 3.58. The van der Waals surface area contributed by atoms with Crippen molar-refractivity contribution in [1.82, 2.24) is 9.97 Å². The second kappa shape index (κ2) is 9.06. The minimum atomic E-state index is 0.636. The smallest absolute Gasteiger partial charge is 0.134 e. The summed E-state index contributed by atoms with van der Waals surface area (Å²) < 4.78 is 0. The van der Waals surface area contributed by atoms with E-state index in [1.54, 1.807) is 0 Å². The van der Waals surface area contributed by atoms with Crippen molar-refractivity contribution in [3.63, 3.8) is 0 Å². The number of hydrogen-bond acceptors (Lipinski definition) is 5. The van der Waals surface area contributed by atoms with Crippen LogP contribution in [0.25, 0.3) is 0 Å². The lowest BCUT2D eigenvalue weighted by molar-refractivity contribution is 0.697. The molecule has 4 nitrogen and oxygen atoms in total. The van der Waals surface area contributed by atoms with Crippen LogP contribution in [0.15, 0.2) is 0 Å². The molecule has 0 amide bonds. The highest BCUT2D eigenvalue weighted by Gasteiger charge is 2.11. The van der Waals surface area contributed by atoms with Crippen molar-refractivity contribution in [3.8, 4) is 0 Å². The zero-order valence-corrected chi connectivity index (χ0v) is 14.2. The standard InChI is InChI=1S/C15H28N4S/c1-6-8-13-18-14(16-7-2)12(4)15(19-13)17-9-11(3)10-20-5/h11H,6-10H2,1-5H3,(H2,16,17,18,19). The molecule has 0 aliphatic heterocycles. The van der Waals surface area contributed by atoms with Gasteiger partial charge in [-0.25, -0.2) is 9.97 Å². The fourth-order valence-electron chi connectivity index (χ4n) is 2.02. The van der Waals surface area contributed by atoms with Crippen LogP contribution in [0.3, 0.4) is 0 Å². The Balaban J connectivity index is 2.86. The summed E-state index contributed by atoms with van der Waals surface area (Å²) in [5.74, 6) is 4.67. The number of rotatable bonds is 9. The van der Waals surface area contributed by atoms with Gasteiger partial charge in [0.2, 0.25) is 0 Å². The number of nitrogens with zero attached hydrogens (tertiary/aromatic N) is 2. The summed E-state index contributed by atoms with van der Waals surface area (Å²) in [4.78, 5) is 9.28. The molecule has 1 aromatic rings. The largest absolute Gasteiger partial charge is 0.370 e. The lowest BCUT2D eigenvalue weighted by Gasteiger charge is -2.16. The second-order valence-electron chi connectivity index (χ2n) is 5.18. The first kappa shape index (κ1) is 17.1. The highest BCUT2D eigenvalue weighted by molar-refractivity contribution is 7.98. The molecule has 2 N–H and O–H groups in total. The summed E-state index contributed by atoms with van der Waals surface area (Å²) in [6.07, 6.45) is 4.14. The zero-order chi connectivity index (χ0) is 15.0. The molecular formula is C15H28N4S. The molecule has 0 aromatic carbocycles. The van der Waals surface area contributed by atoms with Gasteiger partial charge in [0.25, 0.3) is 0 Å². The molecule has 0 fully saturated rings. The number of anilines is 2. The van der Waals surface area contributed by atoms with Crippen molar-refractivity contribution in [2.24, 2.45) is 5.92 Å². The van der Waals surface area contributed by atoms with Gasteiger partial charge in [0.05, 0.1) is 0 Å². The summed E-state index contributed by atoms with van der Waals surface area (Å²) in [7, 11) is 0. The van der Waals surface area contributed by atoms with Gasteiger partial charge in [0.1, 0.15) is 17.5 Å². The van der Waals surface area contributed by atoms with E-state index in [9.17, 15) is 0 Å². The highest BCUT2D eigenvalue weighted by atomic mass is 32.2.